The maximum atomic E-state index is 12.0. The quantitative estimate of drug-likeness (QED) is 0.884. The van der Waals surface area contributed by atoms with Crippen molar-refractivity contribution in [2.75, 3.05) is 6.54 Å². The molecule has 1 unspecified atom stereocenters. The van der Waals surface area contributed by atoms with Gasteiger partial charge in [-0.15, -0.1) is 22.7 Å². The van der Waals surface area contributed by atoms with Gasteiger partial charge < -0.3 is 11.1 Å². The molecule has 2 aromatic rings. The van der Waals surface area contributed by atoms with Crippen LogP contribution in [0.3, 0.4) is 0 Å². The van der Waals surface area contributed by atoms with Crippen LogP contribution in [0.25, 0.3) is 0 Å². The number of nitrogens with two attached hydrogens (primary N) is 1. The highest BCUT2D eigenvalue weighted by Crippen LogP contribution is 2.29. The van der Waals surface area contributed by atoms with E-state index in [9.17, 15) is 4.79 Å². The summed E-state index contributed by atoms with van der Waals surface area (Å²) in [5, 5.41) is 7.12. The summed E-state index contributed by atoms with van der Waals surface area (Å²) in [7, 11) is 0. The first-order chi connectivity index (χ1) is 8.72. The third-order valence-corrected chi connectivity index (χ3v) is 4.62. The van der Waals surface area contributed by atoms with Crippen LogP contribution in [0.1, 0.15) is 22.7 Å². The molecule has 0 radical (unpaired) electrons. The Labute approximate surface area is 115 Å². The summed E-state index contributed by atoms with van der Waals surface area (Å²) in [4.78, 5) is 14.3. The Bertz CT molecular complexity index is 445. The van der Waals surface area contributed by atoms with E-state index in [-0.39, 0.29) is 17.9 Å². The monoisotopic (exact) mass is 280 g/mol. The number of carbonyl (C=O) groups is 1. The fourth-order valence-corrected chi connectivity index (χ4v) is 3.25. The summed E-state index contributed by atoms with van der Waals surface area (Å²) in [6.45, 7) is 2.21. The van der Waals surface area contributed by atoms with Gasteiger partial charge in [0, 0.05) is 22.2 Å². The van der Waals surface area contributed by atoms with Crippen LogP contribution in [0.5, 0.6) is 0 Å². The van der Waals surface area contributed by atoms with Crippen LogP contribution in [0.4, 0.5) is 0 Å². The molecule has 0 fully saturated rings. The van der Waals surface area contributed by atoms with Crippen LogP contribution < -0.4 is 11.1 Å². The standard InChI is InChI=1S/C13H16N2OS2/c1-9(8-14)13(16)15-12(10-4-2-6-17-10)11-5-3-7-18-11/h2-7,9,12H,8,14H2,1H3,(H,15,16). The van der Waals surface area contributed by atoms with E-state index in [0.29, 0.717) is 6.54 Å². The average molecular weight is 280 g/mol. The number of thiophene rings is 2. The molecule has 1 amide bonds. The summed E-state index contributed by atoms with van der Waals surface area (Å²) in [6.07, 6.45) is 0. The summed E-state index contributed by atoms with van der Waals surface area (Å²) in [5.41, 5.74) is 5.53. The van der Waals surface area contributed by atoms with Gasteiger partial charge in [0.1, 0.15) is 0 Å². The molecular weight excluding hydrogens is 264 g/mol. The molecule has 2 aromatic heterocycles. The van der Waals surface area contributed by atoms with Crippen LogP contribution in [0, 0.1) is 5.92 Å². The lowest BCUT2D eigenvalue weighted by molar-refractivity contribution is -0.124. The van der Waals surface area contributed by atoms with E-state index in [0.717, 1.165) is 9.75 Å². The van der Waals surface area contributed by atoms with Gasteiger partial charge >= 0.3 is 0 Å². The minimum atomic E-state index is -0.160. The molecule has 1 atom stereocenters. The van der Waals surface area contributed by atoms with Gasteiger partial charge in [0.05, 0.1) is 6.04 Å². The highest BCUT2D eigenvalue weighted by Gasteiger charge is 2.21. The molecule has 0 aromatic carbocycles. The topological polar surface area (TPSA) is 55.1 Å². The first kappa shape index (κ1) is 13.3. The van der Waals surface area contributed by atoms with Crippen LogP contribution >= 0.6 is 22.7 Å². The smallest absolute Gasteiger partial charge is 0.224 e. The minimum Gasteiger partial charge on any atom is -0.343 e. The Morgan fingerprint density at radius 3 is 2.22 bits per heavy atom. The van der Waals surface area contributed by atoms with Gasteiger partial charge in [-0.05, 0) is 22.9 Å². The fraction of sp³-hybridized carbons (Fsp3) is 0.308. The first-order valence-corrected chi connectivity index (χ1v) is 7.55. The lowest BCUT2D eigenvalue weighted by Gasteiger charge is -2.18. The Morgan fingerprint density at radius 2 is 1.83 bits per heavy atom. The second-order valence-electron chi connectivity index (χ2n) is 4.11. The predicted octanol–water partition coefficient (Wildman–Crippen LogP) is 2.61. The SMILES string of the molecule is CC(CN)C(=O)NC(c1cccs1)c1cccs1. The van der Waals surface area contributed by atoms with Gasteiger partial charge in [-0.2, -0.15) is 0 Å². The highest BCUT2D eigenvalue weighted by atomic mass is 32.1. The van der Waals surface area contributed by atoms with E-state index in [4.69, 9.17) is 5.73 Å². The van der Waals surface area contributed by atoms with Crippen molar-refractivity contribution in [2.24, 2.45) is 11.7 Å². The summed E-state index contributed by atoms with van der Waals surface area (Å²) >= 11 is 3.30. The van der Waals surface area contributed by atoms with Crippen molar-refractivity contribution in [1.29, 1.82) is 0 Å². The van der Waals surface area contributed by atoms with Gasteiger partial charge in [0.2, 0.25) is 5.91 Å². The van der Waals surface area contributed by atoms with E-state index in [1.54, 1.807) is 22.7 Å². The number of amides is 1. The number of hydrogen-bond acceptors (Lipinski definition) is 4. The molecule has 0 aliphatic heterocycles. The summed E-state index contributed by atoms with van der Waals surface area (Å²) < 4.78 is 0. The molecule has 2 heterocycles. The van der Waals surface area contributed by atoms with E-state index in [1.807, 2.05) is 41.9 Å². The van der Waals surface area contributed by atoms with Crippen molar-refractivity contribution in [3.8, 4) is 0 Å². The van der Waals surface area contributed by atoms with Gasteiger partial charge in [0.25, 0.3) is 0 Å². The van der Waals surface area contributed by atoms with Gasteiger partial charge in [0.15, 0.2) is 0 Å². The van der Waals surface area contributed by atoms with E-state index in [2.05, 4.69) is 5.32 Å². The van der Waals surface area contributed by atoms with Gasteiger partial charge in [-0.1, -0.05) is 19.1 Å². The molecule has 2 rings (SSSR count). The predicted molar refractivity (Wildman–Crippen MR) is 76.8 cm³/mol. The van der Waals surface area contributed by atoms with Gasteiger partial charge in [-0.3, -0.25) is 4.79 Å². The third-order valence-electron chi connectivity index (χ3n) is 2.74. The zero-order valence-corrected chi connectivity index (χ0v) is 11.8. The average Bonchev–Trinajstić information content (AvgIpc) is 3.06. The Morgan fingerprint density at radius 1 is 1.28 bits per heavy atom. The second kappa shape index (κ2) is 6.13. The largest absolute Gasteiger partial charge is 0.343 e. The van der Waals surface area contributed by atoms with Crippen molar-refractivity contribution >= 4 is 28.6 Å². The summed E-state index contributed by atoms with van der Waals surface area (Å²) in [5.74, 6) is -0.156. The number of carbonyl (C=O) groups excluding carboxylic acids is 1. The lowest BCUT2D eigenvalue weighted by atomic mass is 10.1. The third kappa shape index (κ3) is 2.98. The Balaban J connectivity index is 2.19. The molecular formula is C13H16N2OS2. The van der Waals surface area contributed by atoms with E-state index >= 15 is 0 Å². The Hall–Kier alpha value is -1.17. The van der Waals surface area contributed by atoms with Crippen molar-refractivity contribution in [1.82, 2.24) is 5.32 Å². The molecule has 3 N–H and O–H groups in total. The maximum absolute atomic E-state index is 12.0. The zero-order chi connectivity index (χ0) is 13.0. The zero-order valence-electron chi connectivity index (χ0n) is 10.1. The number of rotatable bonds is 5. The molecule has 0 saturated carbocycles. The van der Waals surface area contributed by atoms with Crippen LogP contribution in [0.2, 0.25) is 0 Å². The lowest BCUT2D eigenvalue weighted by Crippen LogP contribution is -2.35. The van der Waals surface area contributed by atoms with Crippen molar-refractivity contribution in [3.63, 3.8) is 0 Å². The molecule has 0 saturated heterocycles. The molecule has 3 nitrogen and oxygen atoms in total. The molecule has 18 heavy (non-hydrogen) atoms. The maximum Gasteiger partial charge on any atom is 0.224 e. The fourth-order valence-electron chi connectivity index (χ4n) is 1.59. The normalized spacial score (nSPS) is 12.6. The van der Waals surface area contributed by atoms with Crippen LogP contribution in [0.15, 0.2) is 35.0 Å². The minimum absolute atomic E-state index is 0.00398. The number of nitrogens with one attached hydrogen (secondary N) is 1. The van der Waals surface area contributed by atoms with E-state index < -0.39 is 0 Å². The van der Waals surface area contributed by atoms with Gasteiger partial charge in [-0.25, -0.2) is 0 Å². The van der Waals surface area contributed by atoms with Crippen LogP contribution in [-0.4, -0.2) is 12.5 Å². The molecule has 96 valence electrons. The number of hydrogen-bond donors (Lipinski definition) is 2. The first-order valence-electron chi connectivity index (χ1n) is 5.79. The molecule has 5 heteroatoms. The summed E-state index contributed by atoms with van der Waals surface area (Å²) in [6, 6.07) is 8.04. The second-order valence-corrected chi connectivity index (χ2v) is 6.07. The molecule has 0 spiro atoms. The Kier molecular flexibility index (Phi) is 4.52. The van der Waals surface area contributed by atoms with Crippen molar-refractivity contribution in [3.05, 3.63) is 44.8 Å². The molecule has 0 aliphatic carbocycles. The van der Waals surface area contributed by atoms with Crippen molar-refractivity contribution < 1.29 is 4.79 Å². The van der Waals surface area contributed by atoms with Crippen molar-refractivity contribution in [2.45, 2.75) is 13.0 Å². The van der Waals surface area contributed by atoms with Crippen LogP contribution in [-0.2, 0) is 4.79 Å². The molecule has 0 aliphatic rings. The molecule has 0 bridgehead atoms. The highest BCUT2D eigenvalue weighted by molar-refractivity contribution is 7.11. The van der Waals surface area contributed by atoms with E-state index in [1.165, 1.54) is 0 Å².